The molecule has 3 heterocycles. The van der Waals surface area contributed by atoms with Gasteiger partial charge in [0, 0.05) is 12.1 Å². The van der Waals surface area contributed by atoms with E-state index in [9.17, 15) is 0 Å². The molecule has 0 bridgehead atoms. The molecule has 1 aliphatic rings. The lowest BCUT2D eigenvalue weighted by atomic mass is 9.95. The molecule has 1 aromatic carbocycles. The Morgan fingerprint density at radius 1 is 1.17 bits per heavy atom. The van der Waals surface area contributed by atoms with Gasteiger partial charge in [0.25, 0.3) is 0 Å². The van der Waals surface area contributed by atoms with E-state index in [-0.39, 0.29) is 6.04 Å². The molecule has 1 atom stereocenters. The maximum Gasteiger partial charge on any atom is 0.173 e. The van der Waals surface area contributed by atoms with Crippen molar-refractivity contribution in [3.8, 4) is 22.8 Å². The van der Waals surface area contributed by atoms with Crippen LogP contribution in [-0.2, 0) is 6.54 Å². The Hall–Kier alpha value is -2.80. The van der Waals surface area contributed by atoms with Gasteiger partial charge in [0.15, 0.2) is 17.3 Å². The SMILES string of the molecule is COc1ccc(CN2CCCC[C@@H]2c2[nH]ncc2-c2onc(C)c2C)cc1OC. The van der Waals surface area contributed by atoms with Crippen LogP contribution in [0.3, 0.4) is 0 Å². The second-order valence-corrected chi connectivity index (χ2v) is 7.59. The summed E-state index contributed by atoms with van der Waals surface area (Å²) in [5.41, 5.74) is 5.28. The smallest absolute Gasteiger partial charge is 0.173 e. The van der Waals surface area contributed by atoms with Crippen molar-refractivity contribution in [2.45, 2.75) is 45.7 Å². The molecule has 1 fully saturated rings. The highest BCUT2D eigenvalue weighted by Gasteiger charge is 2.29. The third kappa shape index (κ3) is 3.74. The maximum atomic E-state index is 5.62. The lowest BCUT2D eigenvalue weighted by Crippen LogP contribution is -2.33. The van der Waals surface area contributed by atoms with Crippen LogP contribution >= 0.6 is 0 Å². The minimum absolute atomic E-state index is 0.249. The minimum Gasteiger partial charge on any atom is -0.493 e. The van der Waals surface area contributed by atoms with Crippen molar-refractivity contribution >= 4 is 0 Å². The average molecular weight is 396 g/mol. The summed E-state index contributed by atoms with van der Waals surface area (Å²) >= 11 is 0. The molecule has 29 heavy (non-hydrogen) atoms. The average Bonchev–Trinajstić information content (AvgIpc) is 3.35. The Labute approximate surface area is 171 Å². The number of nitrogens with zero attached hydrogens (tertiary/aromatic N) is 3. The first kappa shape index (κ1) is 19.5. The number of hydrogen-bond donors (Lipinski definition) is 1. The number of aromatic nitrogens is 3. The molecular weight excluding hydrogens is 368 g/mol. The van der Waals surface area contributed by atoms with Gasteiger partial charge in [-0.15, -0.1) is 0 Å². The van der Waals surface area contributed by atoms with Gasteiger partial charge in [0.05, 0.1) is 43.4 Å². The molecule has 1 saturated heterocycles. The number of likely N-dealkylation sites (tertiary alicyclic amines) is 1. The zero-order valence-corrected chi connectivity index (χ0v) is 17.5. The van der Waals surface area contributed by atoms with Crippen molar-refractivity contribution in [2.24, 2.45) is 0 Å². The van der Waals surface area contributed by atoms with Crippen LogP contribution in [0.1, 0.15) is 47.8 Å². The van der Waals surface area contributed by atoms with Crippen molar-refractivity contribution in [2.75, 3.05) is 20.8 Å². The molecule has 0 amide bonds. The van der Waals surface area contributed by atoms with Gasteiger partial charge in [-0.1, -0.05) is 17.6 Å². The molecule has 154 valence electrons. The van der Waals surface area contributed by atoms with E-state index in [1.807, 2.05) is 26.1 Å². The first-order valence-corrected chi connectivity index (χ1v) is 10.0. The Balaban J connectivity index is 1.63. The fourth-order valence-electron chi connectivity index (χ4n) is 4.12. The predicted molar refractivity (Wildman–Crippen MR) is 110 cm³/mol. The number of aromatic amines is 1. The van der Waals surface area contributed by atoms with E-state index in [1.54, 1.807) is 14.2 Å². The highest BCUT2D eigenvalue weighted by Crippen LogP contribution is 2.38. The summed E-state index contributed by atoms with van der Waals surface area (Å²) in [4.78, 5) is 2.50. The van der Waals surface area contributed by atoms with Gasteiger partial charge in [-0.25, -0.2) is 0 Å². The molecule has 7 nitrogen and oxygen atoms in total. The molecule has 7 heteroatoms. The fraction of sp³-hybridized carbons (Fsp3) is 0.455. The van der Waals surface area contributed by atoms with Crippen LogP contribution < -0.4 is 9.47 Å². The molecule has 0 radical (unpaired) electrons. The van der Waals surface area contributed by atoms with Crippen LogP contribution in [0.2, 0.25) is 0 Å². The second kappa shape index (κ2) is 8.29. The third-order valence-corrected chi connectivity index (χ3v) is 5.85. The molecular formula is C22H28N4O3. The Morgan fingerprint density at radius 3 is 2.72 bits per heavy atom. The molecule has 4 rings (SSSR count). The highest BCUT2D eigenvalue weighted by molar-refractivity contribution is 5.64. The molecule has 3 aromatic rings. The molecule has 1 aliphatic heterocycles. The number of methoxy groups -OCH3 is 2. The first-order valence-electron chi connectivity index (χ1n) is 10.0. The van der Waals surface area contributed by atoms with Crippen molar-refractivity contribution in [1.29, 1.82) is 0 Å². The van der Waals surface area contributed by atoms with E-state index in [4.69, 9.17) is 14.0 Å². The number of rotatable bonds is 6. The summed E-state index contributed by atoms with van der Waals surface area (Å²) in [6.07, 6.45) is 5.31. The highest BCUT2D eigenvalue weighted by atomic mass is 16.5. The van der Waals surface area contributed by atoms with Crippen LogP contribution in [0.4, 0.5) is 0 Å². The van der Waals surface area contributed by atoms with Crippen LogP contribution in [0, 0.1) is 13.8 Å². The Kier molecular flexibility index (Phi) is 5.58. The molecule has 0 unspecified atom stereocenters. The summed E-state index contributed by atoms with van der Waals surface area (Å²) in [6, 6.07) is 6.38. The minimum atomic E-state index is 0.249. The number of ether oxygens (including phenoxy) is 2. The lowest BCUT2D eigenvalue weighted by molar-refractivity contribution is 0.137. The summed E-state index contributed by atoms with van der Waals surface area (Å²) in [5.74, 6) is 2.31. The molecule has 0 aliphatic carbocycles. The van der Waals surface area contributed by atoms with Gasteiger partial charge in [-0.05, 0) is 50.9 Å². The number of H-pyrrole nitrogens is 1. The van der Waals surface area contributed by atoms with E-state index >= 15 is 0 Å². The lowest BCUT2D eigenvalue weighted by Gasteiger charge is -2.35. The van der Waals surface area contributed by atoms with Crippen molar-refractivity contribution in [1.82, 2.24) is 20.3 Å². The summed E-state index contributed by atoms with van der Waals surface area (Å²) in [5, 5.41) is 11.7. The molecule has 1 N–H and O–H groups in total. The summed E-state index contributed by atoms with van der Waals surface area (Å²) < 4.78 is 16.5. The first-order chi connectivity index (χ1) is 14.1. The zero-order chi connectivity index (χ0) is 20.4. The number of piperidine rings is 1. The van der Waals surface area contributed by atoms with Gasteiger partial charge in [0.2, 0.25) is 0 Å². The van der Waals surface area contributed by atoms with Gasteiger partial charge in [-0.3, -0.25) is 10.00 Å². The number of nitrogens with one attached hydrogen (secondary N) is 1. The number of aryl methyl sites for hydroxylation is 1. The quantitative estimate of drug-likeness (QED) is 0.664. The fourth-order valence-corrected chi connectivity index (χ4v) is 4.12. The van der Waals surface area contributed by atoms with E-state index in [1.165, 1.54) is 18.4 Å². The van der Waals surface area contributed by atoms with Crippen LogP contribution in [0.5, 0.6) is 11.5 Å². The monoisotopic (exact) mass is 396 g/mol. The standard InChI is InChI=1S/C22H28N4O3/c1-14-15(2)25-29-22(14)17-12-23-24-21(17)18-7-5-6-10-26(18)13-16-8-9-19(27-3)20(11-16)28-4/h8-9,11-12,18H,5-7,10,13H2,1-4H3,(H,23,24)/t18-/m1/s1. The van der Waals surface area contributed by atoms with Crippen LogP contribution in [-0.4, -0.2) is 41.0 Å². The van der Waals surface area contributed by atoms with Crippen molar-refractivity contribution < 1.29 is 14.0 Å². The van der Waals surface area contributed by atoms with Gasteiger partial charge in [-0.2, -0.15) is 5.10 Å². The van der Waals surface area contributed by atoms with Gasteiger partial charge in [0.1, 0.15) is 0 Å². The predicted octanol–water partition coefficient (Wildman–Crippen LogP) is 4.43. The van der Waals surface area contributed by atoms with E-state index in [0.717, 1.165) is 59.3 Å². The van der Waals surface area contributed by atoms with Gasteiger partial charge < -0.3 is 14.0 Å². The van der Waals surface area contributed by atoms with Gasteiger partial charge >= 0.3 is 0 Å². The van der Waals surface area contributed by atoms with Crippen molar-refractivity contribution in [3.63, 3.8) is 0 Å². The summed E-state index contributed by atoms with van der Waals surface area (Å²) in [6.45, 7) is 5.87. The molecule has 0 spiro atoms. The topological polar surface area (TPSA) is 76.4 Å². The largest absolute Gasteiger partial charge is 0.493 e. The van der Waals surface area contributed by atoms with E-state index < -0.39 is 0 Å². The van der Waals surface area contributed by atoms with Crippen LogP contribution in [0.15, 0.2) is 28.9 Å². The Bertz CT molecular complexity index is 978. The molecule has 0 saturated carbocycles. The van der Waals surface area contributed by atoms with Crippen LogP contribution in [0.25, 0.3) is 11.3 Å². The number of hydrogen-bond acceptors (Lipinski definition) is 6. The normalized spacial score (nSPS) is 17.4. The van der Waals surface area contributed by atoms with E-state index in [0.29, 0.717) is 0 Å². The zero-order valence-electron chi connectivity index (χ0n) is 17.5. The number of benzene rings is 1. The summed E-state index contributed by atoms with van der Waals surface area (Å²) in [7, 11) is 3.33. The molecule has 2 aromatic heterocycles. The Morgan fingerprint density at radius 2 is 2.00 bits per heavy atom. The van der Waals surface area contributed by atoms with E-state index in [2.05, 4.69) is 32.4 Å². The van der Waals surface area contributed by atoms with Crippen molar-refractivity contribution in [3.05, 3.63) is 46.9 Å². The maximum absolute atomic E-state index is 5.62. The third-order valence-electron chi connectivity index (χ3n) is 5.85. The second-order valence-electron chi connectivity index (χ2n) is 7.59.